The molecule has 1 amide bonds. The highest BCUT2D eigenvalue weighted by atomic mass is 32.2. The number of carboxylic acid groups (broad SMARTS) is 1. The maximum Gasteiger partial charge on any atom is 0.322 e. The summed E-state index contributed by atoms with van der Waals surface area (Å²) < 4.78 is 34.5. The lowest BCUT2D eigenvalue weighted by molar-refractivity contribution is -0.140. The summed E-state index contributed by atoms with van der Waals surface area (Å²) in [7, 11) is -3.93. The third-order valence-corrected chi connectivity index (χ3v) is 7.82. The predicted octanol–water partition coefficient (Wildman–Crippen LogP) is 1.80. The van der Waals surface area contributed by atoms with Gasteiger partial charge in [-0.1, -0.05) is 25.7 Å². The van der Waals surface area contributed by atoms with Crippen molar-refractivity contribution >= 4 is 27.8 Å². The second kappa shape index (κ2) is 13.8. The van der Waals surface area contributed by atoms with Crippen molar-refractivity contribution in [2.24, 2.45) is 5.92 Å². The Bertz CT molecular complexity index is 1420. The van der Waals surface area contributed by atoms with E-state index in [2.05, 4.69) is 26.8 Å². The number of hydrogen-bond acceptors (Lipinski definition) is 7. The molecule has 0 bridgehead atoms. The fourth-order valence-corrected chi connectivity index (χ4v) is 5.56. The van der Waals surface area contributed by atoms with E-state index in [1.807, 2.05) is 37.3 Å². The van der Waals surface area contributed by atoms with Gasteiger partial charge in [0.2, 0.25) is 0 Å². The third-order valence-electron chi connectivity index (χ3n) is 6.22. The molecule has 3 N–H and O–H groups in total. The van der Waals surface area contributed by atoms with E-state index in [-0.39, 0.29) is 25.6 Å². The van der Waals surface area contributed by atoms with Gasteiger partial charge in [-0.15, -0.1) is 0 Å². The van der Waals surface area contributed by atoms with Crippen molar-refractivity contribution in [3.63, 3.8) is 0 Å². The van der Waals surface area contributed by atoms with Gasteiger partial charge in [-0.2, -0.15) is 22.7 Å². The minimum Gasteiger partial charge on any atom is -0.493 e. The predicted molar refractivity (Wildman–Crippen MR) is 150 cm³/mol. The Morgan fingerprint density at radius 1 is 1.05 bits per heavy atom. The van der Waals surface area contributed by atoms with Gasteiger partial charge in [-0.3, -0.25) is 9.59 Å². The summed E-state index contributed by atoms with van der Waals surface area (Å²) in [5.41, 5.74) is 2.59. The second-order valence-corrected chi connectivity index (χ2v) is 11.1. The second-order valence-electron chi connectivity index (χ2n) is 9.35. The van der Waals surface area contributed by atoms with E-state index in [0.29, 0.717) is 36.6 Å². The van der Waals surface area contributed by atoms with Gasteiger partial charge in [0.25, 0.3) is 16.1 Å². The van der Waals surface area contributed by atoms with Crippen LogP contribution in [0.2, 0.25) is 0 Å². The van der Waals surface area contributed by atoms with Crippen molar-refractivity contribution in [3.05, 3.63) is 59.2 Å². The van der Waals surface area contributed by atoms with Gasteiger partial charge in [0.1, 0.15) is 18.3 Å². The van der Waals surface area contributed by atoms with Crippen LogP contribution in [-0.4, -0.2) is 75.1 Å². The molecule has 12 heteroatoms. The summed E-state index contributed by atoms with van der Waals surface area (Å²) >= 11 is 0. The Labute approximate surface area is 234 Å². The Morgan fingerprint density at radius 3 is 2.25 bits per heavy atom. The zero-order chi connectivity index (χ0) is 29.3. The number of carbonyl (C=O) groups excluding carboxylic acids is 1. The fourth-order valence-electron chi connectivity index (χ4n) is 4.07. The van der Waals surface area contributed by atoms with Crippen molar-refractivity contribution in [2.45, 2.75) is 26.8 Å². The van der Waals surface area contributed by atoms with Gasteiger partial charge in [0, 0.05) is 43.0 Å². The third kappa shape index (κ3) is 7.96. The van der Waals surface area contributed by atoms with Crippen molar-refractivity contribution in [1.82, 2.24) is 14.3 Å². The number of piperazine rings is 1. The molecule has 40 heavy (non-hydrogen) atoms. The van der Waals surface area contributed by atoms with Gasteiger partial charge < -0.3 is 20.1 Å². The normalized spacial score (nSPS) is 14.5. The van der Waals surface area contributed by atoms with Gasteiger partial charge >= 0.3 is 5.97 Å². The SMILES string of the molecule is CCOc1ccc(C#Cc2ccc(N3CCN(S(=O)(=O)N[C@@H](C(=O)O)C(C)C)CC3)cc2)cc1C(=O)NCC#N. The molecule has 0 unspecified atom stereocenters. The van der Waals surface area contributed by atoms with Gasteiger partial charge in [0.15, 0.2) is 0 Å². The molecule has 1 aliphatic rings. The molecule has 1 fully saturated rings. The fraction of sp³-hybridized carbons (Fsp3) is 0.393. The molecule has 0 spiro atoms. The first-order valence-electron chi connectivity index (χ1n) is 12.8. The number of hydrogen-bond donors (Lipinski definition) is 3. The largest absolute Gasteiger partial charge is 0.493 e. The molecule has 1 heterocycles. The number of benzene rings is 2. The molecular weight excluding hydrogens is 534 g/mol. The van der Waals surface area contributed by atoms with Gasteiger partial charge in [-0.05, 0) is 55.3 Å². The van der Waals surface area contributed by atoms with E-state index >= 15 is 0 Å². The number of ether oxygens (including phenoxy) is 1. The number of anilines is 1. The van der Waals surface area contributed by atoms with Crippen LogP contribution in [0.1, 0.15) is 42.3 Å². The zero-order valence-corrected chi connectivity index (χ0v) is 23.5. The highest BCUT2D eigenvalue weighted by Gasteiger charge is 2.33. The Hall–Kier alpha value is -4.10. The average Bonchev–Trinajstić information content (AvgIpc) is 2.94. The van der Waals surface area contributed by atoms with Crippen molar-refractivity contribution < 1.29 is 27.9 Å². The number of carbonyl (C=O) groups is 2. The van der Waals surface area contributed by atoms with E-state index in [0.717, 1.165) is 11.3 Å². The number of carboxylic acids is 1. The van der Waals surface area contributed by atoms with Crippen LogP contribution < -0.4 is 19.7 Å². The standard InChI is InChI=1S/C28H33N5O6S/c1-4-39-25-12-9-22(19-24(25)27(34)30-14-13-29)6-5-21-7-10-23(11-8-21)32-15-17-33(18-16-32)40(37,38)31-26(20(2)3)28(35)36/h7-12,19-20,26,31H,4,14-18H2,1-3H3,(H,30,34)(H,35,36)/t26-/m1/s1. The first kappa shape index (κ1) is 30.4. The highest BCUT2D eigenvalue weighted by molar-refractivity contribution is 7.87. The van der Waals surface area contributed by atoms with Gasteiger partial charge in [-0.25, -0.2) is 0 Å². The molecule has 3 rings (SSSR count). The molecule has 1 aliphatic heterocycles. The first-order chi connectivity index (χ1) is 19.1. The topological polar surface area (TPSA) is 152 Å². The van der Waals surface area contributed by atoms with Crippen molar-refractivity contribution in [1.29, 1.82) is 5.26 Å². The van der Waals surface area contributed by atoms with E-state index in [1.54, 1.807) is 32.0 Å². The first-order valence-corrected chi connectivity index (χ1v) is 14.3. The van der Waals surface area contributed by atoms with Crippen LogP contribution >= 0.6 is 0 Å². The lowest BCUT2D eigenvalue weighted by atomic mass is 10.1. The summed E-state index contributed by atoms with van der Waals surface area (Å²) in [6.45, 7) is 6.76. The number of nitrogens with one attached hydrogen (secondary N) is 2. The molecule has 11 nitrogen and oxygen atoms in total. The molecule has 0 aliphatic carbocycles. The number of amides is 1. The Kier molecular flexibility index (Phi) is 10.5. The minimum absolute atomic E-state index is 0.113. The van der Waals surface area contributed by atoms with Crippen molar-refractivity contribution in [2.75, 3.05) is 44.2 Å². The van der Waals surface area contributed by atoms with Crippen molar-refractivity contribution in [3.8, 4) is 23.7 Å². The van der Waals surface area contributed by atoms with E-state index in [1.165, 1.54) is 4.31 Å². The Balaban J connectivity index is 1.65. The summed E-state index contributed by atoms with van der Waals surface area (Å²) in [5, 5.41) is 20.6. The van der Waals surface area contributed by atoms with E-state index in [9.17, 15) is 23.1 Å². The molecule has 0 aromatic heterocycles. The number of nitriles is 1. The average molecular weight is 568 g/mol. The zero-order valence-electron chi connectivity index (χ0n) is 22.7. The Morgan fingerprint density at radius 2 is 1.68 bits per heavy atom. The number of rotatable bonds is 10. The summed E-state index contributed by atoms with van der Waals surface area (Å²) in [6.07, 6.45) is 0. The molecule has 0 saturated carbocycles. The lowest BCUT2D eigenvalue weighted by Crippen LogP contribution is -2.55. The van der Waals surface area contributed by atoms with Crippen LogP contribution in [0.5, 0.6) is 5.75 Å². The molecule has 2 aromatic rings. The van der Waals surface area contributed by atoms with Crippen LogP contribution in [0.3, 0.4) is 0 Å². The van der Waals surface area contributed by atoms with Crippen LogP contribution in [0.4, 0.5) is 5.69 Å². The summed E-state index contributed by atoms with van der Waals surface area (Å²) in [4.78, 5) is 25.9. The van der Waals surface area contributed by atoms with E-state index < -0.39 is 28.1 Å². The smallest absolute Gasteiger partial charge is 0.322 e. The molecule has 1 atom stereocenters. The molecule has 2 aromatic carbocycles. The number of aliphatic carboxylic acids is 1. The maximum atomic E-state index is 12.7. The summed E-state index contributed by atoms with van der Waals surface area (Å²) in [6, 6.07) is 13.3. The molecule has 212 valence electrons. The summed E-state index contributed by atoms with van der Waals surface area (Å²) in [5.74, 6) is 4.53. The molecular formula is C28H33N5O6S. The van der Waals surface area contributed by atoms with Gasteiger partial charge in [0.05, 0.1) is 18.2 Å². The van der Waals surface area contributed by atoms with Crippen LogP contribution in [0, 0.1) is 29.1 Å². The highest BCUT2D eigenvalue weighted by Crippen LogP contribution is 2.21. The maximum absolute atomic E-state index is 12.7. The minimum atomic E-state index is -3.93. The van der Waals surface area contributed by atoms with Crippen LogP contribution in [-0.2, 0) is 15.0 Å². The lowest BCUT2D eigenvalue weighted by Gasteiger charge is -2.36. The molecule has 0 radical (unpaired) electrons. The monoisotopic (exact) mass is 567 g/mol. The molecule has 1 saturated heterocycles. The van der Waals surface area contributed by atoms with E-state index in [4.69, 9.17) is 10.00 Å². The van der Waals surface area contributed by atoms with Crippen LogP contribution in [0.25, 0.3) is 0 Å². The quantitative estimate of drug-likeness (QED) is 0.290. The van der Waals surface area contributed by atoms with Crippen LogP contribution in [0.15, 0.2) is 42.5 Å². The number of nitrogens with zero attached hydrogens (tertiary/aromatic N) is 3.